The Balaban J connectivity index is 4.10. The van der Waals surface area contributed by atoms with Crippen molar-refractivity contribution in [3.05, 3.63) is 0 Å². The van der Waals surface area contributed by atoms with Crippen molar-refractivity contribution in [3.63, 3.8) is 0 Å². The van der Waals surface area contributed by atoms with E-state index >= 15 is 0 Å². The molecule has 0 saturated heterocycles. The number of carbonyl (C=O) groups excluding carboxylic acids is 1. The van der Waals surface area contributed by atoms with E-state index in [0.29, 0.717) is 11.5 Å². The molecule has 3 N–H and O–H groups in total. The van der Waals surface area contributed by atoms with Crippen LogP contribution in [0.3, 0.4) is 0 Å². The fraction of sp³-hybridized carbons (Fsp3) is 0.778. The first-order valence-corrected chi connectivity index (χ1v) is 5.04. The molecule has 1 unspecified atom stereocenters. The summed E-state index contributed by atoms with van der Waals surface area (Å²) >= 11 is 4.77. The van der Waals surface area contributed by atoms with Gasteiger partial charge in [-0.2, -0.15) is 0 Å². The second kappa shape index (κ2) is 5.93. The molecule has 82 valence electrons. The standard InChI is InChI=1S/C9H19N3OS/c1-6(2)11-9(13)7(3)12(4)5-8(10)14/h6-7H,5H2,1-4H3,(H2,10,14)(H,11,13). The van der Waals surface area contributed by atoms with E-state index in [-0.39, 0.29) is 18.0 Å². The number of rotatable bonds is 5. The zero-order valence-electron chi connectivity index (χ0n) is 9.20. The van der Waals surface area contributed by atoms with Crippen LogP contribution in [-0.2, 0) is 4.79 Å². The molecule has 1 amide bonds. The molecular weight excluding hydrogens is 198 g/mol. The average molecular weight is 217 g/mol. The maximum atomic E-state index is 11.5. The van der Waals surface area contributed by atoms with Crippen LogP contribution in [0, 0.1) is 0 Å². The van der Waals surface area contributed by atoms with Gasteiger partial charge in [0.1, 0.15) is 0 Å². The lowest BCUT2D eigenvalue weighted by Gasteiger charge is -2.24. The minimum absolute atomic E-state index is 0.00116. The fourth-order valence-corrected chi connectivity index (χ4v) is 1.19. The summed E-state index contributed by atoms with van der Waals surface area (Å²) in [5.74, 6) is -0.00116. The van der Waals surface area contributed by atoms with Gasteiger partial charge in [0.05, 0.1) is 11.0 Å². The molecule has 0 saturated carbocycles. The average Bonchev–Trinajstić information content (AvgIpc) is 2.00. The molecule has 0 aromatic rings. The van der Waals surface area contributed by atoms with Crippen molar-refractivity contribution in [2.24, 2.45) is 5.73 Å². The fourth-order valence-electron chi connectivity index (χ4n) is 0.988. The Morgan fingerprint density at radius 1 is 1.50 bits per heavy atom. The number of thiocarbonyl (C=S) groups is 1. The van der Waals surface area contributed by atoms with Gasteiger partial charge in [-0.1, -0.05) is 12.2 Å². The maximum absolute atomic E-state index is 11.5. The Morgan fingerprint density at radius 3 is 2.36 bits per heavy atom. The van der Waals surface area contributed by atoms with Gasteiger partial charge in [-0.3, -0.25) is 9.69 Å². The first-order valence-electron chi connectivity index (χ1n) is 4.63. The monoisotopic (exact) mass is 217 g/mol. The summed E-state index contributed by atoms with van der Waals surface area (Å²) in [6.07, 6.45) is 0. The van der Waals surface area contributed by atoms with Crippen molar-refractivity contribution in [2.75, 3.05) is 13.6 Å². The molecule has 0 aliphatic carbocycles. The highest BCUT2D eigenvalue weighted by Crippen LogP contribution is 1.96. The van der Waals surface area contributed by atoms with Crippen LogP contribution in [0.5, 0.6) is 0 Å². The molecule has 1 atom stereocenters. The lowest BCUT2D eigenvalue weighted by atomic mass is 10.2. The van der Waals surface area contributed by atoms with Crippen LogP contribution in [-0.4, -0.2) is 41.5 Å². The maximum Gasteiger partial charge on any atom is 0.237 e. The minimum Gasteiger partial charge on any atom is -0.392 e. The second-order valence-electron chi connectivity index (χ2n) is 3.72. The van der Waals surface area contributed by atoms with Crippen LogP contribution in [0.4, 0.5) is 0 Å². The number of likely N-dealkylation sites (N-methyl/N-ethyl adjacent to an activating group) is 1. The van der Waals surface area contributed by atoms with Crippen LogP contribution in [0.15, 0.2) is 0 Å². The Hall–Kier alpha value is -0.680. The quantitative estimate of drug-likeness (QED) is 0.642. The molecule has 0 fully saturated rings. The van der Waals surface area contributed by atoms with Gasteiger partial charge < -0.3 is 11.1 Å². The van der Waals surface area contributed by atoms with Gasteiger partial charge in [-0.25, -0.2) is 0 Å². The second-order valence-corrected chi connectivity index (χ2v) is 4.25. The largest absolute Gasteiger partial charge is 0.392 e. The summed E-state index contributed by atoms with van der Waals surface area (Å²) in [5.41, 5.74) is 5.39. The summed E-state index contributed by atoms with van der Waals surface area (Å²) in [4.78, 5) is 13.8. The highest BCUT2D eigenvalue weighted by molar-refractivity contribution is 7.80. The third-order valence-corrected chi connectivity index (χ3v) is 2.01. The van der Waals surface area contributed by atoms with E-state index < -0.39 is 0 Å². The predicted molar refractivity (Wildman–Crippen MR) is 62.2 cm³/mol. The molecule has 0 radical (unpaired) electrons. The lowest BCUT2D eigenvalue weighted by Crippen LogP contribution is -2.47. The first-order chi connectivity index (χ1) is 6.34. The van der Waals surface area contributed by atoms with Crippen LogP contribution in [0.25, 0.3) is 0 Å². The summed E-state index contributed by atoms with van der Waals surface area (Å²) in [7, 11) is 1.82. The van der Waals surface area contributed by atoms with Crippen molar-refractivity contribution in [1.82, 2.24) is 10.2 Å². The lowest BCUT2D eigenvalue weighted by molar-refractivity contribution is -0.125. The van der Waals surface area contributed by atoms with Gasteiger partial charge in [0, 0.05) is 12.6 Å². The molecule has 0 aliphatic rings. The molecule has 0 bridgehead atoms. The van der Waals surface area contributed by atoms with Gasteiger partial charge in [0.25, 0.3) is 0 Å². The Labute approximate surface area is 90.8 Å². The zero-order valence-corrected chi connectivity index (χ0v) is 10.0. The van der Waals surface area contributed by atoms with Crippen LogP contribution < -0.4 is 11.1 Å². The summed E-state index contributed by atoms with van der Waals surface area (Å²) < 4.78 is 0. The molecule has 0 aromatic heterocycles. The van der Waals surface area contributed by atoms with E-state index in [2.05, 4.69) is 5.32 Å². The van der Waals surface area contributed by atoms with Gasteiger partial charge in [-0.15, -0.1) is 0 Å². The first kappa shape index (κ1) is 13.3. The molecule has 0 aromatic carbocycles. The number of nitrogens with zero attached hydrogens (tertiary/aromatic N) is 1. The third-order valence-electron chi connectivity index (χ3n) is 1.88. The number of hydrogen-bond donors (Lipinski definition) is 2. The topological polar surface area (TPSA) is 58.4 Å². The van der Waals surface area contributed by atoms with E-state index in [1.54, 1.807) is 0 Å². The molecule has 0 rings (SSSR count). The summed E-state index contributed by atoms with van der Waals surface area (Å²) in [6, 6.07) is -0.0536. The summed E-state index contributed by atoms with van der Waals surface area (Å²) in [5, 5.41) is 2.83. The van der Waals surface area contributed by atoms with Crippen molar-refractivity contribution in [2.45, 2.75) is 32.9 Å². The van der Waals surface area contributed by atoms with E-state index in [1.807, 2.05) is 32.7 Å². The minimum atomic E-state index is -0.209. The number of hydrogen-bond acceptors (Lipinski definition) is 3. The molecule has 0 heterocycles. The third kappa shape index (κ3) is 5.14. The smallest absolute Gasteiger partial charge is 0.237 e. The van der Waals surface area contributed by atoms with Crippen LogP contribution in [0.2, 0.25) is 0 Å². The number of carbonyl (C=O) groups is 1. The SMILES string of the molecule is CC(C)NC(=O)C(C)N(C)CC(N)=S. The van der Waals surface area contributed by atoms with E-state index in [4.69, 9.17) is 18.0 Å². The molecule has 14 heavy (non-hydrogen) atoms. The van der Waals surface area contributed by atoms with Crippen LogP contribution in [0.1, 0.15) is 20.8 Å². The number of nitrogens with one attached hydrogen (secondary N) is 1. The number of nitrogens with two attached hydrogens (primary N) is 1. The Kier molecular flexibility index (Phi) is 5.64. The summed E-state index contributed by atoms with van der Waals surface area (Å²) in [6.45, 7) is 6.15. The highest BCUT2D eigenvalue weighted by Gasteiger charge is 2.18. The highest BCUT2D eigenvalue weighted by atomic mass is 32.1. The zero-order chi connectivity index (χ0) is 11.3. The number of amides is 1. The van der Waals surface area contributed by atoms with Crippen LogP contribution >= 0.6 is 12.2 Å². The normalized spacial score (nSPS) is 13.0. The predicted octanol–water partition coefficient (Wildman–Crippen LogP) is 0.117. The van der Waals surface area contributed by atoms with Crippen molar-refractivity contribution < 1.29 is 4.79 Å². The van der Waals surface area contributed by atoms with E-state index in [0.717, 1.165) is 0 Å². The Morgan fingerprint density at radius 2 is 2.00 bits per heavy atom. The van der Waals surface area contributed by atoms with Gasteiger partial charge >= 0.3 is 0 Å². The van der Waals surface area contributed by atoms with E-state index in [1.165, 1.54) is 0 Å². The Bertz CT molecular complexity index is 218. The molecule has 0 spiro atoms. The van der Waals surface area contributed by atoms with Crippen molar-refractivity contribution in [3.8, 4) is 0 Å². The van der Waals surface area contributed by atoms with Gasteiger partial charge in [-0.05, 0) is 27.8 Å². The molecule has 5 heteroatoms. The van der Waals surface area contributed by atoms with Crippen molar-refractivity contribution >= 4 is 23.1 Å². The molecule has 4 nitrogen and oxygen atoms in total. The van der Waals surface area contributed by atoms with Crippen molar-refractivity contribution in [1.29, 1.82) is 0 Å². The van der Waals surface area contributed by atoms with Gasteiger partial charge in [0.15, 0.2) is 0 Å². The molecule has 0 aliphatic heterocycles. The molecular formula is C9H19N3OS. The van der Waals surface area contributed by atoms with Gasteiger partial charge in [0.2, 0.25) is 5.91 Å². The van der Waals surface area contributed by atoms with E-state index in [9.17, 15) is 4.79 Å².